The predicted octanol–water partition coefficient (Wildman–Crippen LogP) is 3.17. The lowest BCUT2D eigenvalue weighted by Crippen LogP contribution is -2.19. The first kappa shape index (κ1) is 16.5. The van der Waals surface area contributed by atoms with Gasteiger partial charge in [-0.15, -0.1) is 0 Å². The number of nitrogens with zero attached hydrogens (tertiary/aromatic N) is 1. The van der Waals surface area contributed by atoms with Crippen molar-refractivity contribution in [1.82, 2.24) is 5.43 Å². The van der Waals surface area contributed by atoms with Crippen LogP contribution < -0.4 is 10.7 Å². The monoisotopic (exact) mass is 313 g/mol. The van der Waals surface area contributed by atoms with Crippen LogP contribution in [-0.2, 0) is 4.79 Å². The average Bonchev–Trinajstić information content (AvgIpc) is 3.07. The first-order valence-electron chi connectivity index (χ1n) is 7.38. The fourth-order valence-corrected chi connectivity index (χ4v) is 1.89. The molecular formula is C17H19N3O3. The number of hydrogen-bond acceptors (Lipinski definition) is 4. The molecule has 1 aromatic carbocycles. The average molecular weight is 313 g/mol. The molecule has 0 atom stereocenters. The lowest BCUT2D eigenvalue weighted by atomic mass is 10.2. The van der Waals surface area contributed by atoms with Crippen LogP contribution in [0.2, 0.25) is 0 Å². The summed E-state index contributed by atoms with van der Waals surface area (Å²) < 4.78 is 5.18. The molecule has 120 valence electrons. The van der Waals surface area contributed by atoms with E-state index in [1.165, 1.54) is 0 Å². The number of anilines is 1. The van der Waals surface area contributed by atoms with Crippen molar-refractivity contribution < 1.29 is 14.0 Å². The number of furan rings is 1. The fourth-order valence-electron chi connectivity index (χ4n) is 1.89. The molecule has 0 aliphatic carbocycles. The summed E-state index contributed by atoms with van der Waals surface area (Å²) in [6.07, 6.45) is 2.81. The molecule has 0 bridgehead atoms. The van der Waals surface area contributed by atoms with Gasteiger partial charge in [0, 0.05) is 17.7 Å². The number of rotatable bonds is 6. The van der Waals surface area contributed by atoms with Crippen molar-refractivity contribution in [3.63, 3.8) is 0 Å². The van der Waals surface area contributed by atoms with Crippen molar-refractivity contribution in [3.05, 3.63) is 54.0 Å². The highest BCUT2D eigenvalue weighted by molar-refractivity contribution is 5.99. The Morgan fingerprint density at radius 2 is 1.91 bits per heavy atom. The van der Waals surface area contributed by atoms with Crippen molar-refractivity contribution in [1.29, 1.82) is 0 Å². The zero-order valence-electron chi connectivity index (χ0n) is 13.1. The second-order valence-corrected chi connectivity index (χ2v) is 4.99. The fraction of sp³-hybridized carbons (Fsp3) is 0.235. The molecule has 23 heavy (non-hydrogen) atoms. The molecule has 2 rings (SSSR count). The van der Waals surface area contributed by atoms with Gasteiger partial charge in [0.2, 0.25) is 5.91 Å². The van der Waals surface area contributed by atoms with Crippen molar-refractivity contribution in [2.24, 2.45) is 5.10 Å². The maximum atomic E-state index is 12.0. The normalized spacial score (nSPS) is 11.1. The zero-order chi connectivity index (χ0) is 16.7. The van der Waals surface area contributed by atoms with Crippen molar-refractivity contribution in [2.75, 3.05) is 5.32 Å². The molecule has 0 unspecified atom stereocenters. The van der Waals surface area contributed by atoms with E-state index in [0.717, 1.165) is 6.42 Å². The summed E-state index contributed by atoms with van der Waals surface area (Å²) in [5, 5.41) is 6.76. The quantitative estimate of drug-likeness (QED) is 0.634. The Bertz CT molecular complexity index is 688. The molecule has 0 fully saturated rings. The van der Waals surface area contributed by atoms with E-state index in [4.69, 9.17) is 4.42 Å². The van der Waals surface area contributed by atoms with Gasteiger partial charge in [0.1, 0.15) is 11.5 Å². The number of nitrogens with one attached hydrogen (secondary N) is 2. The number of carbonyl (C=O) groups excluding carboxylic acids is 2. The van der Waals surface area contributed by atoms with E-state index in [1.807, 2.05) is 6.92 Å². The molecule has 0 radical (unpaired) electrons. The summed E-state index contributed by atoms with van der Waals surface area (Å²) in [7, 11) is 0. The van der Waals surface area contributed by atoms with Gasteiger partial charge in [-0.25, -0.2) is 5.43 Å². The molecule has 2 amide bonds. The van der Waals surface area contributed by atoms with Crippen LogP contribution in [0, 0.1) is 0 Å². The molecule has 1 heterocycles. The van der Waals surface area contributed by atoms with Crippen LogP contribution in [0.15, 0.2) is 52.2 Å². The Kier molecular flexibility index (Phi) is 5.68. The summed E-state index contributed by atoms with van der Waals surface area (Å²) in [5.74, 6) is 0.227. The lowest BCUT2D eigenvalue weighted by Gasteiger charge is -2.05. The van der Waals surface area contributed by atoms with E-state index in [2.05, 4.69) is 15.8 Å². The summed E-state index contributed by atoms with van der Waals surface area (Å²) in [4.78, 5) is 23.5. The maximum Gasteiger partial charge on any atom is 0.271 e. The van der Waals surface area contributed by atoms with Gasteiger partial charge in [-0.05, 0) is 49.7 Å². The minimum absolute atomic E-state index is 0.0385. The van der Waals surface area contributed by atoms with Crippen molar-refractivity contribution in [2.45, 2.75) is 26.7 Å². The summed E-state index contributed by atoms with van der Waals surface area (Å²) in [6.45, 7) is 3.68. The molecule has 0 saturated heterocycles. The maximum absolute atomic E-state index is 12.0. The first-order valence-corrected chi connectivity index (χ1v) is 7.38. The van der Waals surface area contributed by atoms with E-state index in [-0.39, 0.29) is 11.8 Å². The van der Waals surface area contributed by atoms with Gasteiger partial charge in [0.25, 0.3) is 5.91 Å². The van der Waals surface area contributed by atoms with E-state index in [0.29, 0.717) is 29.1 Å². The van der Waals surface area contributed by atoms with Crippen LogP contribution >= 0.6 is 0 Å². The SMILES string of the molecule is CCCC(=O)Nc1ccc(C(=O)N/N=C(\C)c2ccco2)cc1. The summed E-state index contributed by atoms with van der Waals surface area (Å²) >= 11 is 0. The van der Waals surface area contributed by atoms with Crippen LogP contribution in [0.5, 0.6) is 0 Å². The zero-order valence-corrected chi connectivity index (χ0v) is 13.1. The molecule has 2 aromatic rings. The van der Waals surface area contributed by atoms with E-state index >= 15 is 0 Å². The number of hydrazone groups is 1. The van der Waals surface area contributed by atoms with Crippen molar-refractivity contribution >= 4 is 23.2 Å². The van der Waals surface area contributed by atoms with Crippen LogP contribution in [0.25, 0.3) is 0 Å². The van der Waals surface area contributed by atoms with Crippen LogP contribution in [0.1, 0.15) is 42.8 Å². The highest BCUT2D eigenvalue weighted by atomic mass is 16.3. The summed E-state index contributed by atoms with van der Waals surface area (Å²) in [5.41, 5.74) is 4.16. The van der Waals surface area contributed by atoms with Gasteiger partial charge in [-0.2, -0.15) is 5.10 Å². The largest absolute Gasteiger partial charge is 0.463 e. The van der Waals surface area contributed by atoms with E-state index in [9.17, 15) is 9.59 Å². The minimum Gasteiger partial charge on any atom is -0.463 e. The number of benzene rings is 1. The van der Waals surface area contributed by atoms with Gasteiger partial charge in [0.05, 0.1) is 6.26 Å². The third kappa shape index (κ3) is 4.81. The predicted molar refractivity (Wildman–Crippen MR) is 88.4 cm³/mol. The third-order valence-corrected chi connectivity index (χ3v) is 3.11. The smallest absolute Gasteiger partial charge is 0.271 e. The molecule has 6 nitrogen and oxygen atoms in total. The van der Waals surface area contributed by atoms with Gasteiger partial charge in [0.15, 0.2) is 0 Å². The molecule has 1 aromatic heterocycles. The topological polar surface area (TPSA) is 83.7 Å². The van der Waals surface area contributed by atoms with E-state index < -0.39 is 0 Å². The summed E-state index contributed by atoms with van der Waals surface area (Å²) in [6, 6.07) is 10.2. The molecule has 0 saturated carbocycles. The van der Waals surface area contributed by atoms with E-state index in [1.54, 1.807) is 49.6 Å². The molecule has 2 N–H and O–H groups in total. The Morgan fingerprint density at radius 3 is 2.52 bits per heavy atom. The van der Waals surface area contributed by atoms with Gasteiger partial charge < -0.3 is 9.73 Å². The Hall–Kier alpha value is -2.89. The van der Waals surface area contributed by atoms with Gasteiger partial charge in [-0.1, -0.05) is 6.92 Å². The Labute approximate surface area is 134 Å². The second kappa shape index (κ2) is 7.93. The standard InChI is InChI=1S/C17H19N3O3/c1-3-5-16(21)18-14-9-7-13(8-10-14)17(22)20-19-12(2)15-6-4-11-23-15/h4,6-11H,3,5H2,1-2H3,(H,18,21)(H,20,22)/b19-12+. The van der Waals surface area contributed by atoms with Crippen molar-refractivity contribution in [3.8, 4) is 0 Å². The molecule has 0 aliphatic rings. The van der Waals surface area contributed by atoms with Gasteiger partial charge in [-0.3, -0.25) is 9.59 Å². The number of carbonyl (C=O) groups is 2. The Morgan fingerprint density at radius 1 is 1.17 bits per heavy atom. The first-order chi connectivity index (χ1) is 11.1. The second-order valence-electron chi connectivity index (χ2n) is 4.99. The van der Waals surface area contributed by atoms with Crippen LogP contribution in [0.3, 0.4) is 0 Å². The Balaban J connectivity index is 1.95. The van der Waals surface area contributed by atoms with Crippen LogP contribution in [0.4, 0.5) is 5.69 Å². The molecule has 0 aliphatic heterocycles. The minimum atomic E-state index is -0.331. The number of hydrogen-bond donors (Lipinski definition) is 2. The number of amides is 2. The molecule has 0 spiro atoms. The highest BCUT2D eigenvalue weighted by Crippen LogP contribution is 2.10. The van der Waals surface area contributed by atoms with Crippen LogP contribution in [-0.4, -0.2) is 17.5 Å². The lowest BCUT2D eigenvalue weighted by molar-refractivity contribution is -0.116. The van der Waals surface area contributed by atoms with Gasteiger partial charge >= 0.3 is 0 Å². The molecule has 6 heteroatoms. The highest BCUT2D eigenvalue weighted by Gasteiger charge is 2.07. The molecular weight excluding hydrogens is 294 g/mol. The third-order valence-electron chi connectivity index (χ3n) is 3.11.